The van der Waals surface area contributed by atoms with Crippen molar-refractivity contribution in [2.24, 2.45) is 0 Å². The van der Waals surface area contributed by atoms with Gasteiger partial charge in [0.2, 0.25) is 0 Å². The lowest BCUT2D eigenvalue weighted by molar-refractivity contribution is 0.104. The Morgan fingerprint density at radius 3 is 3.00 bits per heavy atom. The molecule has 0 saturated carbocycles. The summed E-state index contributed by atoms with van der Waals surface area (Å²) in [5, 5.41) is 3.00. The molecule has 3 heteroatoms. The van der Waals surface area contributed by atoms with Crippen LogP contribution in [-0.2, 0) is 6.42 Å². The van der Waals surface area contributed by atoms with E-state index in [-0.39, 0.29) is 5.78 Å². The molecule has 1 aliphatic rings. The molecule has 0 unspecified atom stereocenters. The number of thiophene rings is 1. The maximum atomic E-state index is 12.7. The predicted octanol–water partition coefficient (Wildman–Crippen LogP) is 4.07. The van der Waals surface area contributed by atoms with Gasteiger partial charge in [0.1, 0.15) is 5.75 Å². The van der Waals surface area contributed by atoms with Gasteiger partial charge in [0, 0.05) is 33.0 Å². The van der Waals surface area contributed by atoms with Crippen molar-refractivity contribution in [3.05, 3.63) is 64.5 Å². The number of rotatable bonds is 2. The average molecular weight is 280 g/mol. The minimum atomic E-state index is 0.0946. The predicted molar refractivity (Wildman–Crippen MR) is 80.9 cm³/mol. The van der Waals surface area contributed by atoms with Crippen LogP contribution in [0, 0.1) is 0 Å². The van der Waals surface area contributed by atoms with Gasteiger partial charge in [-0.15, -0.1) is 11.3 Å². The van der Waals surface area contributed by atoms with Gasteiger partial charge in [-0.3, -0.25) is 4.79 Å². The van der Waals surface area contributed by atoms with E-state index in [2.05, 4.69) is 0 Å². The Labute approximate surface area is 120 Å². The highest BCUT2D eigenvalue weighted by molar-refractivity contribution is 7.17. The summed E-state index contributed by atoms with van der Waals surface area (Å²) in [6.07, 6.45) is 0.890. The second-order valence-corrected chi connectivity index (χ2v) is 5.81. The lowest BCUT2D eigenvalue weighted by Gasteiger charge is -2.03. The topological polar surface area (TPSA) is 26.3 Å². The van der Waals surface area contributed by atoms with Crippen molar-refractivity contribution in [1.29, 1.82) is 0 Å². The molecule has 1 aromatic heterocycles. The van der Waals surface area contributed by atoms with Gasteiger partial charge >= 0.3 is 0 Å². The monoisotopic (exact) mass is 280 g/mol. The number of carbonyl (C=O) groups is 1. The van der Waals surface area contributed by atoms with E-state index < -0.39 is 0 Å². The molecule has 4 rings (SSSR count). The van der Waals surface area contributed by atoms with Crippen LogP contribution in [0.3, 0.4) is 0 Å². The van der Waals surface area contributed by atoms with Crippen molar-refractivity contribution in [2.45, 2.75) is 6.42 Å². The van der Waals surface area contributed by atoms with Gasteiger partial charge in [-0.25, -0.2) is 0 Å². The second-order valence-electron chi connectivity index (χ2n) is 4.90. The van der Waals surface area contributed by atoms with Crippen LogP contribution in [0.15, 0.2) is 47.8 Å². The fourth-order valence-electron chi connectivity index (χ4n) is 2.64. The van der Waals surface area contributed by atoms with Crippen LogP contribution in [-0.4, -0.2) is 12.4 Å². The van der Waals surface area contributed by atoms with Crippen molar-refractivity contribution < 1.29 is 9.53 Å². The molecular weight excluding hydrogens is 268 g/mol. The molecular formula is C17H12O2S. The zero-order valence-electron chi connectivity index (χ0n) is 10.8. The van der Waals surface area contributed by atoms with Crippen LogP contribution in [0.1, 0.15) is 21.5 Å². The summed E-state index contributed by atoms with van der Waals surface area (Å²) in [5.74, 6) is 1.01. The van der Waals surface area contributed by atoms with Crippen molar-refractivity contribution >= 4 is 27.2 Å². The molecule has 20 heavy (non-hydrogen) atoms. The largest absolute Gasteiger partial charge is 0.493 e. The van der Waals surface area contributed by atoms with Crippen LogP contribution < -0.4 is 4.74 Å². The first kappa shape index (κ1) is 11.7. The molecule has 0 aliphatic carbocycles. The van der Waals surface area contributed by atoms with Crippen LogP contribution >= 0.6 is 11.3 Å². The maximum Gasteiger partial charge on any atom is 0.194 e. The number of hydrogen-bond donors (Lipinski definition) is 0. The van der Waals surface area contributed by atoms with Gasteiger partial charge in [-0.2, -0.15) is 0 Å². The molecule has 0 N–H and O–H groups in total. The molecule has 1 aliphatic heterocycles. The number of fused-ring (bicyclic) bond motifs is 2. The van der Waals surface area contributed by atoms with Crippen molar-refractivity contribution in [1.82, 2.24) is 0 Å². The molecule has 3 aromatic rings. The minimum Gasteiger partial charge on any atom is -0.493 e. The highest BCUT2D eigenvalue weighted by atomic mass is 32.1. The summed E-state index contributed by atoms with van der Waals surface area (Å²) >= 11 is 1.62. The van der Waals surface area contributed by atoms with E-state index in [1.54, 1.807) is 11.3 Å². The van der Waals surface area contributed by atoms with Crippen LogP contribution in [0.5, 0.6) is 5.75 Å². The molecule has 2 nitrogen and oxygen atoms in total. The number of ketones is 1. The first-order valence-electron chi connectivity index (χ1n) is 6.59. The Morgan fingerprint density at radius 2 is 2.05 bits per heavy atom. The summed E-state index contributed by atoms with van der Waals surface area (Å²) in [6.45, 7) is 0.717. The molecule has 0 spiro atoms. The third-order valence-electron chi connectivity index (χ3n) is 3.68. The van der Waals surface area contributed by atoms with E-state index >= 15 is 0 Å². The van der Waals surface area contributed by atoms with E-state index in [1.165, 1.54) is 0 Å². The van der Waals surface area contributed by atoms with E-state index in [1.807, 2.05) is 47.8 Å². The normalized spacial score (nSPS) is 13.2. The van der Waals surface area contributed by atoms with Crippen LogP contribution in [0.25, 0.3) is 10.1 Å². The van der Waals surface area contributed by atoms with Crippen LogP contribution in [0.4, 0.5) is 0 Å². The zero-order chi connectivity index (χ0) is 13.5. The van der Waals surface area contributed by atoms with Gasteiger partial charge in [0.25, 0.3) is 0 Å². The van der Waals surface area contributed by atoms with Gasteiger partial charge < -0.3 is 4.74 Å². The highest BCUT2D eigenvalue weighted by Crippen LogP contribution is 2.30. The molecule has 2 heterocycles. The first-order valence-corrected chi connectivity index (χ1v) is 7.47. The number of hydrogen-bond acceptors (Lipinski definition) is 3. The fourth-order valence-corrected chi connectivity index (χ4v) is 3.58. The average Bonchev–Trinajstić information content (AvgIpc) is 3.12. The van der Waals surface area contributed by atoms with Crippen molar-refractivity contribution in [3.8, 4) is 5.75 Å². The van der Waals surface area contributed by atoms with E-state index in [0.717, 1.165) is 38.9 Å². The molecule has 98 valence electrons. The SMILES string of the molecule is O=C(c1ccc2c(c1)CCO2)c1csc2ccccc12. The smallest absolute Gasteiger partial charge is 0.194 e. The molecule has 0 radical (unpaired) electrons. The van der Waals surface area contributed by atoms with E-state index in [9.17, 15) is 4.79 Å². The Balaban J connectivity index is 1.80. The Hall–Kier alpha value is -2.13. The van der Waals surface area contributed by atoms with Crippen molar-refractivity contribution in [3.63, 3.8) is 0 Å². The third-order valence-corrected chi connectivity index (χ3v) is 4.64. The molecule has 0 saturated heterocycles. The summed E-state index contributed by atoms with van der Waals surface area (Å²) in [7, 11) is 0. The lowest BCUT2D eigenvalue weighted by atomic mass is 10.00. The number of carbonyl (C=O) groups excluding carboxylic acids is 1. The Kier molecular flexibility index (Phi) is 2.60. The number of ether oxygens (including phenoxy) is 1. The lowest BCUT2D eigenvalue weighted by Crippen LogP contribution is -2.00. The molecule has 0 fully saturated rings. The van der Waals surface area contributed by atoms with Gasteiger partial charge in [-0.1, -0.05) is 18.2 Å². The van der Waals surface area contributed by atoms with E-state index in [4.69, 9.17) is 4.74 Å². The maximum absolute atomic E-state index is 12.7. The third kappa shape index (κ3) is 1.74. The summed E-state index contributed by atoms with van der Waals surface area (Å²) in [4.78, 5) is 12.7. The molecule has 2 aromatic carbocycles. The molecule has 0 bridgehead atoms. The standard InChI is InChI=1S/C17H12O2S/c18-17(12-5-6-15-11(9-12)7-8-19-15)14-10-20-16-4-2-1-3-13(14)16/h1-6,9-10H,7-8H2. The second kappa shape index (κ2) is 4.46. The van der Waals surface area contributed by atoms with Crippen LogP contribution in [0.2, 0.25) is 0 Å². The summed E-state index contributed by atoms with van der Waals surface area (Å²) < 4.78 is 6.64. The van der Waals surface area contributed by atoms with Gasteiger partial charge in [0.15, 0.2) is 5.78 Å². The zero-order valence-corrected chi connectivity index (χ0v) is 11.6. The van der Waals surface area contributed by atoms with E-state index in [0.29, 0.717) is 6.61 Å². The molecule has 0 atom stereocenters. The van der Waals surface area contributed by atoms with Crippen molar-refractivity contribution in [2.75, 3.05) is 6.61 Å². The van der Waals surface area contributed by atoms with Gasteiger partial charge in [0.05, 0.1) is 6.61 Å². The summed E-state index contributed by atoms with van der Waals surface area (Å²) in [6, 6.07) is 13.8. The highest BCUT2D eigenvalue weighted by Gasteiger charge is 2.18. The fraction of sp³-hybridized carbons (Fsp3) is 0.118. The number of benzene rings is 2. The first-order chi connectivity index (χ1) is 9.83. The quantitative estimate of drug-likeness (QED) is 0.661. The summed E-state index contributed by atoms with van der Waals surface area (Å²) in [5.41, 5.74) is 2.68. The molecule has 0 amide bonds. The Bertz CT molecular complexity index is 817. The van der Waals surface area contributed by atoms with Gasteiger partial charge in [-0.05, 0) is 29.8 Å². The minimum absolute atomic E-state index is 0.0946. The Morgan fingerprint density at radius 1 is 1.15 bits per heavy atom.